The second-order valence-corrected chi connectivity index (χ2v) is 5.43. The third-order valence-electron chi connectivity index (χ3n) is 3.45. The zero-order chi connectivity index (χ0) is 11.4. The van der Waals surface area contributed by atoms with Crippen LogP contribution in [0.3, 0.4) is 0 Å². The van der Waals surface area contributed by atoms with Crippen LogP contribution >= 0.6 is 15.9 Å². The molecule has 1 heterocycles. The highest BCUT2D eigenvalue weighted by Crippen LogP contribution is 2.31. The molecule has 0 radical (unpaired) electrons. The van der Waals surface area contributed by atoms with Gasteiger partial charge in [-0.15, -0.1) is 0 Å². The van der Waals surface area contributed by atoms with E-state index in [2.05, 4.69) is 28.2 Å². The Labute approximate surface area is 106 Å². The first-order valence-corrected chi connectivity index (χ1v) is 6.62. The maximum absolute atomic E-state index is 5.76. The molecule has 1 saturated heterocycles. The van der Waals surface area contributed by atoms with E-state index in [0.29, 0.717) is 5.41 Å². The van der Waals surface area contributed by atoms with E-state index >= 15 is 0 Å². The summed E-state index contributed by atoms with van der Waals surface area (Å²) in [5.74, 6) is 0.952. The Morgan fingerprint density at radius 3 is 2.81 bits per heavy atom. The summed E-state index contributed by atoms with van der Waals surface area (Å²) in [5.41, 5.74) is 0.492. The van der Waals surface area contributed by atoms with Gasteiger partial charge in [-0.2, -0.15) is 0 Å². The molecule has 0 saturated carbocycles. The van der Waals surface area contributed by atoms with Gasteiger partial charge in [0.05, 0.1) is 6.61 Å². The van der Waals surface area contributed by atoms with Crippen molar-refractivity contribution < 1.29 is 4.74 Å². The van der Waals surface area contributed by atoms with Crippen molar-refractivity contribution in [1.29, 1.82) is 0 Å². The molecule has 0 atom stereocenters. The summed E-state index contributed by atoms with van der Waals surface area (Å²) >= 11 is 3.44. The molecule has 1 aromatic carbocycles. The number of nitrogens with one attached hydrogen (secondary N) is 1. The molecular weight excluding hydrogens is 266 g/mol. The first-order valence-electron chi connectivity index (χ1n) is 5.83. The third kappa shape index (κ3) is 2.77. The number of ether oxygens (including phenoxy) is 1. The van der Waals surface area contributed by atoms with Crippen molar-refractivity contribution in [2.45, 2.75) is 19.8 Å². The summed E-state index contributed by atoms with van der Waals surface area (Å²) in [6, 6.07) is 8.02. The molecule has 1 fully saturated rings. The molecule has 1 aliphatic rings. The van der Waals surface area contributed by atoms with E-state index in [9.17, 15) is 0 Å². The molecular formula is C13H18BrNO. The number of hydrogen-bond acceptors (Lipinski definition) is 2. The van der Waals surface area contributed by atoms with Crippen molar-refractivity contribution in [2.75, 3.05) is 19.7 Å². The van der Waals surface area contributed by atoms with Gasteiger partial charge in [0.1, 0.15) is 5.75 Å². The molecule has 1 aromatic rings. The van der Waals surface area contributed by atoms with Crippen LogP contribution in [0.1, 0.15) is 19.8 Å². The zero-order valence-corrected chi connectivity index (χ0v) is 11.2. The fourth-order valence-corrected chi connectivity index (χ4v) is 2.40. The van der Waals surface area contributed by atoms with Crippen molar-refractivity contribution in [2.24, 2.45) is 5.41 Å². The zero-order valence-electron chi connectivity index (χ0n) is 9.63. The van der Waals surface area contributed by atoms with Gasteiger partial charge in [-0.05, 0) is 36.5 Å². The molecule has 2 nitrogen and oxygen atoms in total. The summed E-state index contributed by atoms with van der Waals surface area (Å²) in [7, 11) is 0. The van der Waals surface area contributed by atoms with Crippen LogP contribution in [0.25, 0.3) is 0 Å². The lowest BCUT2D eigenvalue weighted by Crippen LogP contribution is -2.53. The van der Waals surface area contributed by atoms with Crippen LogP contribution in [-0.4, -0.2) is 19.7 Å². The number of hydrogen-bond donors (Lipinski definition) is 1. The summed E-state index contributed by atoms with van der Waals surface area (Å²) in [6.07, 6.45) is 2.38. The lowest BCUT2D eigenvalue weighted by Gasteiger charge is -2.42. The van der Waals surface area contributed by atoms with Gasteiger partial charge in [0.2, 0.25) is 0 Å². The van der Waals surface area contributed by atoms with Crippen LogP contribution in [-0.2, 0) is 0 Å². The monoisotopic (exact) mass is 283 g/mol. The fraction of sp³-hybridized carbons (Fsp3) is 0.538. The summed E-state index contributed by atoms with van der Waals surface area (Å²) in [5, 5.41) is 3.35. The minimum absolute atomic E-state index is 0.492. The Bertz CT molecular complexity index is 344. The van der Waals surface area contributed by atoms with Gasteiger partial charge in [-0.25, -0.2) is 0 Å². The van der Waals surface area contributed by atoms with Gasteiger partial charge in [0, 0.05) is 17.6 Å². The van der Waals surface area contributed by atoms with Crippen LogP contribution in [0.5, 0.6) is 5.75 Å². The first-order chi connectivity index (χ1) is 7.74. The topological polar surface area (TPSA) is 21.3 Å². The molecule has 0 unspecified atom stereocenters. The molecule has 16 heavy (non-hydrogen) atoms. The van der Waals surface area contributed by atoms with Crippen molar-refractivity contribution in [1.82, 2.24) is 5.32 Å². The van der Waals surface area contributed by atoms with Crippen LogP contribution in [0.15, 0.2) is 28.7 Å². The normalized spacial score (nSPS) is 17.9. The van der Waals surface area contributed by atoms with E-state index in [1.807, 2.05) is 24.3 Å². The van der Waals surface area contributed by atoms with Crippen LogP contribution in [0.2, 0.25) is 0 Å². The van der Waals surface area contributed by atoms with Gasteiger partial charge in [0.25, 0.3) is 0 Å². The molecule has 2 rings (SSSR count). The second kappa shape index (κ2) is 5.19. The molecule has 88 valence electrons. The van der Waals surface area contributed by atoms with Gasteiger partial charge in [0.15, 0.2) is 0 Å². The fourth-order valence-electron chi connectivity index (χ4n) is 2.02. The molecule has 0 amide bonds. The van der Waals surface area contributed by atoms with Crippen LogP contribution < -0.4 is 10.1 Å². The van der Waals surface area contributed by atoms with Gasteiger partial charge < -0.3 is 10.1 Å². The predicted octanol–water partition coefficient (Wildman–Crippen LogP) is 3.22. The number of benzene rings is 1. The Kier molecular flexibility index (Phi) is 3.87. The van der Waals surface area contributed by atoms with Crippen molar-refractivity contribution in [3.63, 3.8) is 0 Å². The molecule has 0 spiro atoms. The third-order valence-corrected chi connectivity index (χ3v) is 3.94. The van der Waals surface area contributed by atoms with E-state index < -0.39 is 0 Å². The Morgan fingerprint density at radius 1 is 1.44 bits per heavy atom. The van der Waals surface area contributed by atoms with Crippen molar-refractivity contribution in [3.8, 4) is 5.75 Å². The van der Waals surface area contributed by atoms with Crippen molar-refractivity contribution in [3.05, 3.63) is 28.7 Å². The van der Waals surface area contributed by atoms with E-state index in [0.717, 1.165) is 36.3 Å². The molecule has 0 bridgehead atoms. The maximum Gasteiger partial charge on any atom is 0.120 e. The standard InChI is InChI=1S/C13H18BrNO/c1-2-13(9-15-10-13)6-7-16-12-5-3-4-11(14)8-12/h3-5,8,15H,2,6-7,9-10H2,1H3. The number of rotatable bonds is 5. The summed E-state index contributed by atoms with van der Waals surface area (Å²) in [4.78, 5) is 0. The van der Waals surface area contributed by atoms with Gasteiger partial charge >= 0.3 is 0 Å². The highest BCUT2D eigenvalue weighted by molar-refractivity contribution is 9.10. The minimum atomic E-state index is 0.492. The first kappa shape index (κ1) is 11.9. The van der Waals surface area contributed by atoms with E-state index in [1.54, 1.807) is 0 Å². The highest BCUT2D eigenvalue weighted by atomic mass is 79.9. The minimum Gasteiger partial charge on any atom is -0.494 e. The molecule has 3 heteroatoms. The number of halogens is 1. The van der Waals surface area contributed by atoms with Gasteiger partial charge in [-0.1, -0.05) is 28.9 Å². The predicted molar refractivity (Wildman–Crippen MR) is 69.8 cm³/mol. The van der Waals surface area contributed by atoms with E-state index in [1.165, 1.54) is 6.42 Å². The lowest BCUT2D eigenvalue weighted by molar-refractivity contribution is 0.116. The summed E-state index contributed by atoms with van der Waals surface area (Å²) in [6.45, 7) is 5.36. The average molecular weight is 284 g/mol. The van der Waals surface area contributed by atoms with Gasteiger partial charge in [-0.3, -0.25) is 0 Å². The quantitative estimate of drug-likeness (QED) is 0.896. The van der Waals surface area contributed by atoms with Crippen LogP contribution in [0, 0.1) is 5.41 Å². The van der Waals surface area contributed by atoms with Crippen molar-refractivity contribution >= 4 is 15.9 Å². The smallest absolute Gasteiger partial charge is 0.120 e. The van der Waals surface area contributed by atoms with E-state index in [4.69, 9.17) is 4.74 Å². The van der Waals surface area contributed by atoms with E-state index in [-0.39, 0.29) is 0 Å². The molecule has 0 aliphatic carbocycles. The Balaban J connectivity index is 1.79. The largest absolute Gasteiger partial charge is 0.494 e. The average Bonchev–Trinajstić information content (AvgIpc) is 2.22. The Hall–Kier alpha value is -0.540. The summed E-state index contributed by atoms with van der Waals surface area (Å²) < 4.78 is 6.83. The molecule has 1 aliphatic heterocycles. The SMILES string of the molecule is CCC1(CCOc2cccc(Br)c2)CNC1. The molecule has 0 aromatic heterocycles. The molecule has 1 N–H and O–H groups in total. The maximum atomic E-state index is 5.76. The highest BCUT2D eigenvalue weighted by Gasteiger charge is 2.34. The lowest BCUT2D eigenvalue weighted by atomic mass is 9.76. The van der Waals surface area contributed by atoms with Crippen LogP contribution in [0.4, 0.5) is 0 Å². The Morgan fingerprint density at radius 2 is 2.25 bits per heavy atom. The second-order valence-electron chi connectivity index (χ2n) is 4.51.